The van der Waals surface area contributed by atoms with Crippen LogP contribution >= 0.6 is 22.9 Å². The molecule has 2 saturated heterocycles. The molecule has 0 radical (unpaired) electrons. The molecule has 0 saturated carbocycles. The van der Waals surface area contributed by atoms with E-state index in [-0.39, 0.29) is 37.3 Å². The number of nitrogens with one attached hydrogen (secondary N) is 1. The van der Waals surface area contributed by atoms with E-state index in [9.17, 15) is 18.4 Å². The van der Waals surface area contributed by atoms with Crippen LogP contribution in [0.15, 0.2) is 28.8 Å². The van der Waals surface area contributed by atoms with Crippen LogP contribution in [0.1, 0.15) is 55.7 Å². The summed E-state index contributed by atoms with van der Waals surface area (Å²) < 4.78 is 40.3. The number of amides is 2. The molecule has 1 N–H and O–H groups in total. The highest BCUT2D eigenvalue weighted by atomic mass is 35.5. The summed E-state index contributed by atoms with van der Waals surface area (Å²) >= 11 is 7.36. The van der Waals surface area contributed by atoms with Gasteiger partial charge in [0.2, 0.25) is 5.88 Å². The Morgan fingerprint density at radius 3 is 2.58 bits per heavy atom. The lowest BCUT2D eigenvalue weighted by Gasteiger charge is -2.34. The minimum Gasteiger partial charge on any atom is -0.390 e. The van der Waals surface area contributed by atoms with Crippen LogP contribution in [0.25, 0.3) is 10.6 Å². The Hall–Kier alpha value is -3.03. The van der Waals surface area contributed by atoms with Gasteiger partial charge in [-0.2, -0.15) is 0 Å². The lowest BCUT2D eigenvalue weighted by atomic mass is 10.0. The fourth-order valence-electron chi connectivity index (χ4n) is 4.89. The summed E-state index contributed by atoms with van der Waals surface area (Å²) in [4.78, 5) is 30.5. The van der Waals surface area contributed by atoms with Crippen LogP contribution < -0.4 is 10.1 Å². The molecule has 2 aliphatic heterocycles. The average Bonchev–Trinajstić information content (AvgIpc) is 3.64. The number of aromatic nitrogens is 3. The summed E-state index contributed by atoms with van der Waals surface area (Å²) in [6, 6.07) is 7.04. The molecule has 2 fully saturated rings. The summed E-state index contributed by atoms with van der Waals surface area (Å²) in [6.07, 6.45) is 0.112. The van der Waals surface area contributed by atoms with Gasteiger partial charge in [-0.3, -0.25) is 4.79 Å². The minimum absolute atomic E-state index is 0.0278. The van der Waals surface area contributed by atoms with Gasteiger partial charge in [0.15, 0.2) is 5.76 Å². The molecular formula is C26H31ClF2N6O4S. The molecule has 3 aromatic rings. The van der Waals surface area contributed by atoms with E-state index in [1.54, 1.807) is 12.1 Å². The molecule has 0 aromatic carbocycles. The number of hydrogen-bond donors (Lipinski definition) is 1. The summed E-state index contributed by atoms with van der Waals surface area (Å²) in [6.45, 7) is 5.90. The molecule has 10 nitrogen and oxygen atoms in total. The topological polar surface area (TPSA) is 106 Å². The van der Waals surface area contributed by atoms with Crippen LogP contribution in [-0.2, 0) is 6.54 Å². The van der Waals surface area contributed by atoms with E-state index >= 15 is 0 Å². The first-order valence-electron chi connectivity index (χ1n) is 13.2. The van der Waals surface area contributed by atoms with Crippen molar-refractivity contribution in [1.82, 2.24) is 30.1 Å². The predicted octanol–water partition coefficient (Wildman–Crippen LogP) is 5.13. The largest absolute Gasteiger partial charge is 0.414 e. The number of rotatable bonds is 7. The number of hydrogen-bond acceptors (Lipinski definition) is 8. The van der Waals surface area contributed by atoms with Gasteiger partial charge in [-0.25, -0.2) is 18.3 Å². The molecule has 0 spiro atoms. The fraction of sp³-hybridized carbons (Fsp3) is 0.538. The quantitative estimate of drug-likeness (QED) is 0.403. The van der Waals surface area contributed by atoms with Gasteiger partial charge in [-0.15, -0.1) is 16.4 Å². The number of thiophene rings is 1. The van der Waals surface area contributed by atoms with Crippen LogP contribution in [-0.4, -0.2) is 80.9 Å². The van der Waals surface area contributed by atoms with E-state index in [2.05, 4.69) is 34.3 Å². The first-order valence-corrected chi connectivity index (χ1v) is 14.4. The Labute approximate surface area is 239 Å². The van der Waals surface area contributed by atoms with Crippen molar-refractivity contribution in [2.24, 2.45) is 0 Å². The van der Waals surface area contributed by atoms with Crippen molar-refractivity contribution in [1.29, 1.82) is 0 Å². The SMILES string of the molecule is CC(C)N1CCC(NC(=O)Oc2cc(C(=O)N3CCC(F)(F)CC3)n(Cc3cc(-c4ccc(Cl)s4)on3)n2)CC1. The second-order valence-corrected chi connectivity index (χ2v) is 12.1. The van der Waals surface area contributed by atoms with Crippen LogP contribution in [0, 0.1) is 0 Å². The number of carbonyl (C=O) groups is 2. The number of nitrogens with zero attached hydrogens (tertiary/aromatic N) is 5. The fourth-order valence-corrected chi connectivity index (χ4v) is 5.88. The van der Waals surface area contributed by atoms with Gasteiger partial charge in [0, 0.05) is 63.2 Å². The number of piperidine rings is 2. The van der Waals surface area contributed by atoms with Crippen LogP contribution in [0.4, 0.5) is 13.6 Å². The first kappa shape index (κ1) is 28.5. The number of ether oxygens (including phenoxy) is 1. The molecule has 2 amide bonds. The lowest BCUT2D eigenvalue weighted by Crippen LogP contribution is -2.47. The van der Waals surface area contributed by atoms with Gasteiger partial charge in [-0.1, -0.05) is 16.8 Å². The van der Waals surface area contributed by atoms with Crippen molar-refractivity contribution in [2.45, 2.75) is 64.1 Å². The third-order valence-electron chi connectivity index (χ3n) is 7.22. The molecule has 3 aromatic heterocycles. The molecule has 2 aliphatic rings. The van der Waals surface area contributed by atoms with E-state index in [1.807, 2.05) is 6.07 Å². The maximum absolute atomic E-state index is 13.7. The normalized spacial score (nSPS) is 18.3. The summed E-state index contributed by atoms with van der Waals surface area (Å²) in [7, 11) is 0. The van der Waals surface area contributed by atoms with Crippen molar-refractivity contribution < 1.29 is 27.6 Å². The van der Waals surface area contributed by atoms with Gasteiger partial charge < -0.3 is 24.4 Å². The molecular weight excluding hydrogens is 566 g/mol. The molecule has 40 heavy (non-hydrogen) atoms. The van der Waals surface area contributed by atoms with Crippen LogP contribution in [0.2, 0.25) is 4.34 Å². The van der Waals surface area contributed by atoms with Gasteiger partial charge >= 0.3 is 6.09 Å². The molecule has 5 heterocycles. The zero-order chi connectivity index (χ0) is 28.4. The molecule has 14 heteroatoms. The van der Waals surface area contributed by atoms with Crippen molar-refractivity contribution in [2.75, 3.05) is 26.2 Å². The zero-order valence-corrected chi connectivity index (χ0v) is 23.8. The number of carbonyl (C=O) groups excluding carboxylic acids is 2. The second kappa shape index (κ2) is 11.8. The lowest BCUT2D eigenvalue weighted by molar-refractivity contribution is -0.0495. The van der Waals surface area contributed by atoms with E-state index in [4.69, 9.17) is 20.9 Å². The van der Waals surface area contributed by atoms with Gasteiger partial charge in [0.1, 0.15) is 11.4 Å². The van der Waals surface area contributed by atoms with Gasteiger partial charge in [0.25, 0.3) is 11.8 Å². The Balaban J connectivity index is 1.30. The Morgan fingerprint density at radius 2 is 1.93 bits per heavy atom. The van der Waals surface area contributed by atoms with Crippen molar-refractivity contribution in [3.05, 3.63) is 40.0 Å². The standard InChI is InChI=1S/C26H31ClF2N6O4S/c1-16(2)33-9-5-17(6-10-33)30-25(37)38-23-14-19(24(36)34-11-7-26(28,29)8-12-34)35(31-23)15-18-13-20(39-32-18)21-3-4-22(27)40-21/h3-4,13-14,16-17H,5-12,15H2,1-2H3,(H,30,37). The van der Waals surface area contributed by atoms with Gasteiger partial charge in [0.05, 0.1) is 15.8 Å². The maximum Gasteiger partial charge on any atom is 0.414 e. The Bertz CT molecular complexity index is 1340. The first-order chi connectivity index (χ1) is 19.1. The molecule has 0 aliphatic carbocycles. The van der Waals surface area contributed by atoms with E-state index < -0.39 is 30.8 Å². The smallest absolute Gasteiger partial charge is 0.390 e. The highest BCUT2D eigenvalue weighted by Gasteiger charge is 2.37. The Morgan fingerprint density at radius 1 is 1.20 bits per heavy atom. The predicted molar refractivity (Wildman–Crippen MR) is 145 cm³/mol. The number of alkyl halides is 2. The summed E-state index contributed by atoms with van der Waals surface area (Å²) in [5, 5.41) is 11.3. The zero-order valence-electron chi connectivity index (χ0n) is 22.2. The van der Waals surface area contributed by atoms with Crippen molar-refractivity contribution >= 4 is 34.9 Å². The van der Waals surface area contributed by atoms with E-state index in [1.165, 1.54) is 27.0 Å². The third-order valence-corrected chi connectivity index (χ3v) is 8.47. The third kappa shape index (κ3) is 6.81. The highest BCUT2D eigenvalue weighted by molar-refractivity contribution is 7.19. The average molecular weight is 597 g/mol. The van der Waals surface area contributed by atoms with Gasteiger partial charge in [-0.05, 0) is 38.8 Å². The summed E-state index contributed by atoms with van der Waals surface area (Å²) in [5.74, 6) is -2.84. The highest BCUT2D eigenvalue weighted by Crippen LogP contribution is 2.32. The molecule has 216 valence electrons. The number of halogens is 3. The van der Waals surface area contributed by atoms with E-state index in [0.717, 1.165) is 30.8 Å². The monoisotopic (exact) mass is 596 g/mol. The molecule has 5 rings (SSSR count). The van der Waals surface area contributed by atoms with Crippen LogP contribution in [0.5, 0.6) is 5.88 Å². The molecule has 0 unspecified atom stereocenters. The number of likely N-dealkylation sites (tertiary alicyclic amines) is 2. The molecule has 0 bridgehead atoms. The maximum atomic E-state index is 13.7. The van der Waals surface area contributed by atoms with Crippen molar-refractivity contribution in [3.63, 3.8) is 0 Å². The molecule has 0 atom stereocenters. The second-order valence-electron chi connectivity index (χ2n) is 10.4. The Kier molecular flexibility index (Phi) is 8.43. The summed E-state index contributed by atoms with van der Waals surface area (Å²) in [5.41, 5.74) is 0.566. The minimum atomic E-state index is -2.80. The van der Waals surface area contributed by atoms with Crippen molar-refractivity contribution in [3.8, 4) is 16.5 Å². The van der Waals surface area contributed by atoms with Crippen LogP contribution in [0.3, 0.4) is 0 Å². The van der Waals surface area contributed by atoms with E-state index in [0.29, 0.717) is 21.8 Å².